The van der Waals surface area contributed by atoms with E-state index in [0.29, 0.717) is 22.0 Å². The molecule has 0 radical (unpaired) electrons. The molecule has 6 nitrogen and oxygen atoms in total. The van der Waals surface area contributed by atoms with E-state index in [9.17, 15) is 13.2 Å². The first-order chi connectivity index (χ1) is 15.2. The van der Waals surface area contributed by atoms with Crippen molar-refractivity contribution in [1.82, 2.24) is 4.31 Å². The van der Waals surface area contributed by atoms with Gasteiger partial charge in [0.1, 0.15) is 5.75 Å². The molecular formula is C23H22Cl2N2O4S. The van der Waals surface area contributed by atoms with Crippen LogP contribution >= 0.6 is 23.2 Å². The van der Waals surface area contributed by atoms with Crippen LogP contribution in [0.4, 0.5) is 5.69 Å². The molecule has 1 amide bonds. The maximum Gasteiger partial charge on any atom is 0.243 e. The highest BCUT2D eigenvalue weighted by atomic mass is 35.5. The second-order valence-electron chi connectivity index (χ2n) is 6.98. The summed E-state index contributed by atoms with van der Waals surface area (Å²) in [7, 11) is -0.863. The van der Waals surface area contributed by atoms with Crippen molar-refractivity contribution in [1.29, 1.82) is 0 Å². The van der Waals surface area contributed by atoms with Crippen molar-refractivity contribution >= 4 is 44.8 Å². The third-order valence-electron chi connectivity index (χ3n) is 4.96. The minimum Gasteiger partial charge on any atom is -0.497 e. The number of benzene rings is 3. The molecule has 0 aliphatic heterocycles. The summed E-state index contributed by atoms with van der Waals surface area (Å²) in [6.07, 6.45) is -0.141. The molecule has 0 spiro atoms. The fraction of sp³-hybridized carbons (Fsp3) is 0.174. The van der Waals surface area contributed by atoms with Gasteiger partial charge in [-0.3, -0.25) is 4.79 Å². The van der Waals surface area contributed by atoms with E-state index in [1.807, 2.05) is 0 Å². The van der Waals surface area contributed by atoms with E-state index in [4.69, 9.17) is 27.9 Å². The predicted molar refractivity (Wildman–Crippen MR) is 127 cm³/mol. The zero-order chi connectivity index (χ0) is 23.3. The molecule has 0 aliphatic carbocycles. The molecule has 1 atom stereocenters. The van der Waals surface area contributed by atoms with Crippen LogP contribution in [0.1, 0.15) is 18.0 Å². The van der Waals surface area contributed by atoms with Gasteiger partial charge in [0.25, 0.3) is 0 Å². The number of methoxy groups -OCH3 is 1. The number of halogens is 2. The molecule has 3 rings (SSSR count). The van der Waals surface area contributed by atoms with Gasteiger partial charge in [0.2, 0.25) is 15.9 Å². The Morgan fingerprint density at radius 3 is 2.28 bits per heavy atom. The molecule has 0 fully saturated rings. The molecule has 0 saturated heterocycles. The molecule has 1 N–H and O–H groups in total. The van der Waals surface area contributed by atoms with Gasteiger partial charge in [-0.2, -0.15) is 4.31 Å². The molecule has 9 heteroatoms. The Bertz CT molecular complexity index is 1190. The molecular weight excluding hydrogens is 471 g/mol. The molecule has 0 aliphatic rings. The summed E-state index contributed by atoms with van der Waals surface area (Å²) >= 11 is 12.2. The molecule has 0 bridgehead atoms. The van der Waals surface area contributed by atoms with Gasteiger partial charge in [-0.15, -0.1) is 0 Å². The standard InChI is InChI=1S/C23H22Cl2N2O4S/c1-27(32(29,30)18-7-4-3-5-8-18)21(16-11-13-17(31-2)14-12-16)15-22(28)26-20-10-6-9-19(24)23(20)25/h3-14,21H,15H2,1-2H3,(H,26,28)/t21-/m0/s1. The SMILES string of the molecule is COc1ccc([C@H](CC(=O)Nc2cccc(Cl)c2Cl)N(C)S(=O)(=O)c2ccccc2)cc1. The molecule has 0 heterocycles. The quantitative estimate of drug-likeness (QED) is 0.457. The average molecular weight is 493 g/mol. The van der Waals surface area contributed by atoms with E-state index < -0.39 is 22.0 Å². The fourth-order valence-corrected chi connectivity index (χ4v) is 4.90. The first kappa shape index (κ1) is 24.1. The van der Waals surface area contributed by atoms with Gasteiger partial charge >= 0.3 is 0 Å². The van der Waals surface area contributed by atoms with E-state index in [2.05, 4.69) is 5.32 Å². The van der Waals surface area contributed by atoms with Crippen LogP contribution in [0.3, 0.4) is 0 Å². The number of hydrogen-bond donors (Lipinski definition) is 1. The van der Waals surface area contributed by atoms with Crippen molar-refractivity contribution < 1.29 is 17.9 Å². The highest BCUT2D eigenvalue weighted by molar-refractivity contribution is 7.89. The fourth-order valence-electron chi connectivity index (χ4n) is 3.19. The molecule has 0 saturated carbocycles. The number of amides is 1. The zero-order valence-electron chi connectivity index (χ0n) is 17.5. The van der Waals surface area contributed by atoms with E-state index >= 15 is 0 Å². The monoisotopic (exact) mass is 492 g/mol. The molecule has 0 aromatic heterocycles. The number of hydrogen-bond acceptors (Lipinski definition) is 4. The Kier molecular flexibility index (Phi) is 7.79. The number of nitrogens with zero attached hydrogens (tertiary/aromatic N) is 1. The van der Waals surface area contributed by atoms with Crippen LogP contribution in [0.25, 0.3) is 0 Å². The normalized spacial score (nSPS) is 12.4. The third-order valence-corrected chi connectivity index (χ3v) is 7.66. The lowest BCUT2D eigenvalue weighted by Gasteiger charge is -2.28. The first-order valence-corrected chi connectivity index (χ1v) is 11.8. The van der Waals surface area contributed by atoms with Crippen LogP contribution in [-0.2, 0) is 14.8 Å². The van der Waals surface area contributed by atoms with Crippen LogP contribution in [0, 0.1) is 0 Å². The summed E-state index contributed by atoms with van der Waals surface area (Å²) in [4.78, 5) is 13.0. The number of ether oxygens (including phenoxy) is 1. The Morgan fingerprint density at radius 2 is 1.66 bits per heavy atom. The topological polar surface area (TPSA) is 75.7 Å². The van der Waals surface area contributed by atoms with Crippen LogP contribution in [0.15, 0.2) is 77.7 Å². The molecule has 168 valence electrons. The van der Waals surface area contributed by atoms with Crippen LogP contribution in [-0.4, -0.2) is 32.8 Å². The summed E-state index contributed by atoms with van der Waals surface area (Å²) in [6, 6.07) is 19.1. The largest absolute Gasteiger partial charge is 0.497 e. The summed E-state index contributed by atoms with van der Waals surface area (Å²) in [5.74, 6) is 0.210. The molecule has 3 aromatic rings. The van der Waals surface area contributed by atoms with Gasteiger partial charge in [-0.25, -0.2) is 8.42 Å². The zero-order valence-corrected chi connectivity index (χ0v) is 19.8. The predicted octanol–water partition coefficient (Wildman–Crippen LogP) is 5.39. The van der Waals surface area contributed by atoms with Gasteiger partial charge in [0, 0.05) is 13.5 Å². The number of rotatable bonds is 8. The van der Waals surface area contributed by atoms with Crippen LogP contribution in [0.5, 0.6) is 5.75 Å². The van der Waals surface area contributed by atoms with E-state index in [1.165, 1.54) is 23.5 Å². The Labute approximate surface area is 197 Å². The van der Waals surface area contributed by atoms with E-state index in [1.54, 1.807) is 67.8 Å². The summed E-state index contributed by atoms with van der Waals surface area (Å²) in [5.41, 5.74) is 0.992. The lowest BCUT2D eigenvalue weighted by molar-refractivity contribution is -0.117. The van der Waals surface area contributed by atoms with Crippen molar-refractivity contribution in [3.8, 4) is 5.75 Å². The van der Waals surface area contributed by atoms with Crippen molar-refractivity contribution in [2.75, 3.05) is 19.5 Å². The second kappa shape index (κ2) is 10.4. The maximum absolute atomic E-state index is 13.2. The van der Waals surface area contributed by atoms with E-state index in [-0.39, 0.29) is 16.3 Å². The average Bonchev–Trinajstić information content (AvgIpc) is 2.80. The lowest BCUT2D eigenvalue weighted by Crippen LogP contribution is -2.33. The highest BCUT2D eigenvalue weighted by Gasteiger charge is 2.31. The summed E-state index contributed by atoms with van der Waals surface area (Å²) in [5, 5.41) is 3.24. The summed E-state index contributed by atoms with van der Waals surface area (Å²) in [6.45, 7) is 0. The molecule has 0 unspecified atom stereocenters. The second-order valence-corrected chi connectivity index (χ2v) is 9.76. The van der Waals surface area contributed by atoms with Crippen molar-refractivity contribution in [2.24, 2.45) is 0 Å². The third kappa shape index (κ3) is 5.42. The minimum absolute atomic E-state index is 0.138. The van der Waals surface area contributed by atoms with Crippen molar-refractivity contribution in [3.63, 3.8) is 0 Å². The van der Waals surface area contributed by atoms with Gasteiger partial charge < -0.3 is 10.1 Å². The first-order valence-electron chi connectivity index (χ1n) is 9.65. The van der Waals surface area contributed by atoms with Gasteiger partial charge in [-0.1, -0.05) is 59.6 Å². The molecule has 32 heavy (non-hydrogen) atoms. The maximum atomic E-state index is 13.2. The number of carbonyl (C=O) groups is 1. The Hall–Kier alpha value is -2.58. The molecule has 3 aromatic carbocycles. The number of nitrogens with one attached hydrogen (secondary N) is 1. The number of carbonyl (C=O) groups excluding carboxylic acids is 1. The van der Waals surface area contributed by atoms with Crippen LogP contribution in [0.2, 0.25) is 10.0 Å². The Morgan fingerprint density at radius 1 is 1.00 bits per heavy atom. The van der Waals surface area contributed by atoms with Gasteiger partial charge in [0.15, 0.2) is 0 Å². The van der Waals surface area contributed by atoms with Gasteiger partial charge in [-0.05, 0) is 42.0 Å². The number of sulfonamides is 1. The number of anilines is 1. The van der Waals surface area contributed by atoms with Gasteiger partial charge in [0.05, 0.1) is 33.8 Å². The van der Waals surface area contributed by atoms with E-state index in [0.717, 1.165) is 0 Å². The minimum atomic E-state index is -3.86. The smallest absolute Gasteiger partial charge is 0.243 e. The Balaban J connectivity index is 1.93. The van der Waals surface area contributed by atoms with Crippen molar-refractivity contribution in [2.45, 2.75) is 17.4 Å². The van der Waals surface area contributed by atoms with Crippen LogP contribution < -0.4 is 10.1 Å². The highest BCUT2D eigenvalue weighted by Crippen LogP contribution is 2.32. The lowest BCUT2D eigenvalue weighted by atomic mass is 10.0. The summed E-state index contributed by atoms with van der Waals surface area (Å²) < 4.78 is 32.9. The van der Waals surface area contributed by atoms with Crippen molar-refractivity contribution in [3.05, 3.63) is 88.4 Å².